The molecule has 0 aliphatic carbocycles. The van der Waals surface area contributed by atoms with Crippen molar-refractivity contribution in [2.75, 3.05) is 20.1 Å². The van der Waals surface area contributed by atoms with E-state index >= 15 is 0 Å². The standard InChI is InChI=1S/C24H25N3O6/c1-24(2,3)33-23(31)26-13-15(14-26)32-19-12-8-7-11-18(19)20(28)25(4)27-21(29)16-9-5-6-10-17(16)22(27)30/h5-12,15H,13-14H2,1-4H3. The second-order valence-electron chi connectivity index (χ2n) is 8.92. The number of benzene rings is 2. The summed E-state index contributed by atoms with van der Waals surface area (Å²) in [6.07, 6.45) is -0.729. The molecular weight excluding hydrogens is 426 g/mol. The molecule has 0 N–H and O–H groups in total. The minimum Gasteiger partial charge on any atom is -0.486 e. The first-order valence-corrected chi connectivity index (χ1v) is 10.6. The number of amides is 4. The Morgan fingerprint density at radius 2 is 1.48 bits per heavy atom. The van der Waals surface area contributed by atoms with Crippen molar-refractivity contribution in [2.24, 2.45) is 0 Å². The number of hydrogen-bond donors (Lipinski definition) is 0. The quantitative estimate of drug-likeness (QED) is 0.663. The summed E-state index contributed by atoms with van der Waals surface area (Å²) in [6, 6.07) is 13.0. The molecule has 0 atom stereocenters. The Kier molecular flexibility index (Phi) is 5.57. The van der Waals surface area contributed by atoms with Crippen molar-refractivity contribution >= 4 is 23.8 Å². The van der Waals surface area contributed by atoms with E-state index in [0.29, 0.717) is 18.8 Å². The van der Waals surface area contributed by atoms with Gasteiger partial charge in [0.2, 0.25) is 0 Å². The minimum absolute atomic E-state index is 0.201. The summed E-state index contributed by atoms with van der Waals surface area (Å²) in [7, 11) is 1.37. The van der Waals surface area contributed by atoms with Gasteiger partial charge in [0.25, 0.3) is 17.7 Å². The van der Waals surface area contributed by atoms with E-state index in [2.05, 4.69) is 0 Å². The molecule has 2 aliphatic heterocycles. The Labute approximate surface area is 191 Å². The van der Waals surface area contributed by atoms with Crippen LogP contribution in [0, 0.1) is 0 Å². The highest BCUT2D eigenvalue weighted by Gasteiger charge is 2.41. The number of carbonyl (C=O) groups is 4. The van der Waals surface area contributed by atoms with Gasteiger partial charge in [-0.3, -0.25) is 14.4 Å². The summed E-state index contributed by atoms with van der Waals surface area (Å²) >= 11 is 0. The highest BCUT2D eigenvalue weighted by atomic mass is 16.6. The van der Waals surface area contributed by atoms with Crippen molar-refractivity contribution in [2.45, 2.75) is 32.5 Å². The minimum atomic E-state index is -0.587. The fourth-order valence-electron chi connectivity index (χ4n) is 3.63. The summed E-state index contributed by atoms with van der Waals surface area (Å²) < 4.78 is 11.3. The van der Waals surface area contributed by atoms with Crippen LogP contribution in [0.1, 0.15) is 51.8 Å². The molecule has 2 aliphatic rings. The molecule has 2 aromatic rings. The third-order valence-corrected chi connectivity index (χ3v) is 5.28. The van der Waals surface area contributed by atoms with Crippen molar-refractivity contribution in [3.8, 4) is 5.75 Å². The second kappa shape index (κ2) is 8.23. The number of carbonyl (C=O) groups excluding carboxylic acids is 4. The first-order valence-electron chi connectivity index (χ1n) is 10.6. The first-order chi connectivity index (χ1) is 15.6. The largest absolute Gasteiger partial charge is 0.486 e. The van der Waals surface area contributed by atoms with Gasteiger partial charge in [0, 0.05) is 7.05 Å². The predicted molar refractivity (Wildman–Crippen MR) is 118 cm³/mol. The first kappa shape index (κ1) is 22.3. The van der Waals surface area contributed by atoms with E-state index in [1.807, 2.05) is 0 Å². The molecule has 172 valence electrons. The Morgan fingerprint density at radius 1 is 0.939 bits per heavy atom. The van der Waals surface area contributed by atoms with Gasteiger partial charge in [-0.25, -0.2) is 9.80 Å². The third-order valence-electron chi connectivity index (χ3n) is 5.28. The topological polar surface area (TPSA) is 96.5 Å². The molecule has 4 amide bonds. The molecule has 1 fully saturated rings. The van der Waals surface area contributed by atoms with E-state index in [1.165, 1.54) is 11.9 Å². The van der Waals surface area contributed by atoms with Crippen molar-refractivity contribution in [1.82, 2.24) is 14.9 Å². The van der Waals surface area contributed by atoms with Gasteiger partial charge in [-0.1, -0.05) is 24.3 Å². The zero-order valence-corrected chi connectivity index (χ0v) is 18.9. The number of rotatable bonds is 4. The van der Waals surface area contributed by atoms with Crippen LogP contribution >= 0.6 is 0 Å². The van der Waals surface area contributed by atoms with Crippen LogP contribution in [0.5, 0.6) is 5.75 Å². The summed E-state index contributed by atoms with van der Waals surface area (Å²) in [6.45, 7) is 6.04. The number of likely N-dealkylation sites (tertiary alicyclic amines) is 1. The van der Waals surface area contributed by atoms with E-state index in [-0.39, 0.29) is 22.8 Å². The second-order valence-corrected chi connectivity index (χ2v) is 8.92. The molecule has 0 radical (unpaired) electrons. The Bertz CT molecular complexity index is 1100. The lowest BCUT2D eigenvalue weighted by Crippen LogP contribution is -2.57. The third kappa shape index (κ3) is 4.26. The molecule has 9 nitrogen and oxygen atoms in total. The predicted octanol–water partition coefficient (Wildman–Crippen LogP) is 2.97. The Balaban J connectivity index is 1.45. The van der Waals surface area contributed by atoms with Crippen molar-refractivity contribution in [3.63, 3.8) is 0 Å². The van der Waals surface area contributed by atoms with Crippen molar-refractivity contribution in [3.05, 3.63) is 65.2 Å². The molecule has 0 saturated carbocycles. The number of para-hydroxylation sites is 1. The van der Waals surface area contributed by atoms with Crippen LogP contribution in [0.25, 0.3) is 0 Å². The number of nitrogens with zero attached hydrogens (tertiary/aromatic N) is 3. The van der Waals surface area contributed by atoms with Crippen LogP contribution in [0.4, 0.5) is 4.79 Å². The molecule has 4 rings (SSSR count). The smallest absolute Gasteiger partial charge is 0.410 e. The highest BCUT2D eigenvalue weighted by molar-refractivity contribution is 6.22. The Hall–Kier alpha value is -3.88. The molecular formula is C24H25N3O6. The van der Waals surface area contributed by atoms with Crippen LogP contribution in [0.3, 0.4) is 0 Å². The summed E-state index contributed by atoms with van der Waals surface area (Å²) in [5, 5.41) is 1.83. The zero-order valence-electron chi connectivity index (χ0n) is 18.9. The summed E-state index contributed by atoms with van der Waals surface area (Å²) in [5.41, 5.74) is 0.121. The van der Waals surface area contributed by atoms with Gasteiger partial charge in [-0.2, -0.15) is 5.01 Å². The van der Waals surface area contributed by atoms with E-state index < -0.39 is 29.4 Å². The van der Waals surface area contributed by atoms with E-state index in [1.54, 1.807) is 69.3 Å². The van der Waals surface area contributed by atoms with Crippen LogP contribution < -0.4 is 4.74 Å². The van der Waals surface area contributed by atoms with Crippen LogP contribution in [-0.4, -0.2) is 70.6 Å². The van der Waals surface area contributed by atoms with E-state index in [4.69, 9.17) is 9.47 Å². The molecule has 0 spiro atoms. The molecule has 2 aromatic carbocycles. The van der Waals surface area contributed by atoms with Crippen LogP contribution in [-0.2, 0) is 4.74 Å². The number of fused-ring (bicyclic) bond motifs is 1. The van der Waals surface area contributed by atoms with E-state index in [0.717, 1.165) is 10.0 Å². The number of imide groups is 1. The average Bonchev–Trinajstić information content (AvgIpc) is 2.99. The van der Waals surface area contributed by atoms with Crippen LogP contribution in [0.2, 0.25) is 0 Å². The molecule has 0 unspecified atom stereocenters. The molecule has 0 bridgehead atoms. The number of hydrogen-bond acceptors (Lipinski definition) is 6. The van der Waals surface area contributed by atoms with Gasteiger partial charge in [0.05, 0.1) is 29.8 Å². The summed E-state index contributed by atoms with van der Waals surface area (Å²) in [4.78, 5) is 52.3. The maximum Gasteiger partial charge on any atom is 0.410 e. The maximum absolute atomic E-state index is 13.2. The van der Waals surface area contributed by atoms with Gasteiger partial charge in [-0.05, 0) is 45.0 Å². The highest BCUT2D eigenvalue weighted by Crippen LogP contribution is 2.28. The molecule has 33 heavy (non-hydrogen) atoms. The normalized spacial score (nSPS) is 15.8. The average molecular weight is 451 g/mol. The number of hydrazine groups is 1. The lowest BCUT2D eigenvalue weighted by Gasteiger charge is -2.39. The van der Waals surface area contributed by atoms with Gasteiger partial charge in [0.1, 0.15) is 17.5 Å². The fourth-order valence-corrected chi connectivity index (χ4v) is 3.63. The Morgan fingerprint density at radius 3 is 2.06 bits per heavy atom. The maximum atomic E-state index is 13.2. The lowest BCUT2D eigenvalue weighted by molar-refractivity contribution is -0.0225. The van der Waals surface area contributed by atoms with Gasteiger partial charge < -0.3 is 14.4 Å². The molecule has 9 heteroatoms. The summed E-state index contributed by atoms with van der Waals surface area (Å²) in [5.74, 6) is -1.38. The lowest BCUT2D eigenvalue weighted by atomic mass is 10.1. The van der Waals surface area contributed by atoms with Crippen molar-refractivity contribution in [1.29, 1.82) is 0 Å². The molecule has 0 aromatic heterocycles. The SMILES string of the molecule is CN(C(=O)c1ccccc1OC1CN(C(=O)OC(C)(C)C)C1)N1C(=O)c2ccccc2C1=O. The van der Waals surface area contributed by atoms with Crippen LogP contribution in [0.15, 0.2) is 48.5 Å². The monoisotopic (exact) mass is 451 g/mol. The number of ether oxygens (including phenoxy) is 2. The van der Waals surface area contributed by atoms with Gasteiger partial charge in [0.15, 0.2) is 0 Å². The molecule has 1 saturated heterocycles. The van der Waals surface area contributed by atoms with E-state index in [9.17, 15) is 19.2 Å². The zero-order chi connectivity index (χ0) is 23.9. The fraction of sp³-hybridized carbons (Fsp3) is 0.333. The molecule has 2 heterocycles. The van der Waals surface area contributed by atoms with Gasteiger partial charge in [-0.15, -0.1) is 0 Å². The van der Waals surface area contributed by atoms with Crippen molar-refractivity contribution < 1.29 is 28.7 Å². The van der Waals surface area contributed by atoms with Gasteiger partial charge >= 0.3 is 6.09 Å².